The molecule has 1 fully saturated rings. The smallest absolute Gasteiger partial charge is 0.120 e. The Kier molecular flexibility index (Phi) is 6.45. The van der Waals surface area contributed by atoms with Gasteiger partial charge in [0.15, 0.2) is 0 Å². The number of ether oxygens (including phenoxy) is 2. The van der Waals surface area contributed by atoms with E-state index in [1.54, 1.807) is 0 Å². The van der Waals surface area contributed by atoms with Gasteiger partial charge < -0.3 is 9.47 Å². The van der Waals surface area contributed by atoms with Crippen molar-refractivity contribution >= 4 is 11.6 Å². The molecule has 0 amide bonds. The van der Waals surface area contributed by atoms with Gasteiger partial charge in [-0.15, -0.1) is 0 Å². The van der Waals surface area contributed by atoms with Crippen molar-refractivity contribution in [2.24, 2.45) is 11.8 Å². The van der Waals surface area contributed by atoms with Gasteiger partial charge in [-0.2, -0.15) is 0 Å². The van der Waals surface area contributed by atoms with Crippen molar-refractivity contribution < 1.29 is 9.47 Å². The fourth-order valence-electron chi connectivity index (χ4n) is 4.85. The summed E-state index contributed by atoms with van der Waals surface area (Å²) >= 11 is 6.09. The van der Waals surface area contributed by atoms with Crippen LogP contribution in [0.25, 0.3) is 0 Å². The Morgan fingerprint density at radius 3 is 2.71 bits per heavy atom. The van der Waals surface area contributed by atoms with Gasteiger partial charge in [0.05, 0.1) is 6.10 Å². The quantitative estimate of drug-likeness (QED) is 0.547. The first-order chi connectivity index (χ1) is 15.2. The summed E-state index contributed by atoms with van der Waals surface area (Å²) < 4.78 is 11.8. The Hall–Kier alpha value is -2.07. The highest BCUT2D eigenvalue weighted by atomic mass is 35.5. The normalized spacial score (nSPS) is 25.1. The molecule has 2 aromatic rings. The lowest BCUT2D eigenvalue weighted by Gasteiger charge is -2.36. The van der Waals surface area contributed by atoms with Gasteiger partial charge >= 0.3 is 0 Å². The third-order valence-corrected chi connectivity index (χ3v) is 6.97. The molecule has 4 heteroatoms. The van der Waals surface area contributed by atoms with Crippen LogP contribution >= 0.6 is 11.6 Å². The van der Waals surface area contributed by atoms with Crippen LogP contribution in [0.15, 0.2) is 66.8 Å². The predicted molar refractivity (Wildman–Crippen MR) is 125 cm³/mol. The lowest BCUT2D eigenvalue weighted by molar-refractivity contribution is -0.0628. The number of allylic oxidation sites excluding steroid dienone is 3. The topological polar surface area (TPSA) is 21.7 Å². The monoisotopic (exact) mass is 435 g/mol. The molecule has 5 rings (SSSR count). The molecule has 0 N–H and O–H groups in total. The van der Waals surface area contributed by atoms with Crippen molar-refractivity contribution in [1.82, 2.24) is 4.90 Å². The summed E-state index contributed by atoms with van der Waals surface area (Å²) in [5.41, 5.74) is 3.93. The predicted octanol–water partition coefficient (Wildman–Crippen LogP) is 5.81. The molecule has 31 heavy (non-hydrogen) atoms. The van der Waals surface area contributed by atoms with Gasteiger partial charge in [0, 0.05) is 31.3 Å². The molecular formula is C27H30ClNO2. The highest BCUT2D eigenvalue weighted by Crippen LogP contribution is 2.31. The number of hydrogen-bond donors (Lipinski definition) is 0. The number of benzene rings is 2. The van der Waals surface area contributed by atoms with E-state index in [1.807, 2.05) is 24.3 Å². The van der Waals surface area contributed by atoms with E-state index in [2.05, 4.69) is 47.4 Å². The van der Waals surface area contributed by atoms with Gasteiger partial charge in [0.1, 0.15) is 12.4 Å². The van der Waals surface area contributed by atoms with Crippen molar-refractivity contribution in [1.29, 1.82) is 0 Å². The van der Waals surface area contributed by atoms with Crippen LogP contribution in [0.5, 0.6) is 5.75 Å². The molecule has 2 aromatic carbocycles. The summed E-state index contributed by atoms with van der Waals surface area (Å²) in [6.07, 6.45) is 13.1. The van der Waals surface area contributed by atoms with Crippen molar-refractivity contribution in [3.05, 3.63) is 88.5 Å². The van der Waals surface area contributed by atoms with E-state index < -0.39 is 0 Å². The van der Waals surface area contributed by atoms with E-state index in [9.17, 15) is 0 Å². The Morgan fingerprint density at radius 1 is 1.03 bits per heavy atom. The number of nitrogens with zero attached hydrogens (tertiary/aromatic N) is 1. The zero-order valence-electron chi connectivity index (χ0n) is 17.9. The Morgan fingerprint density at radius 2 is 1.90 bits per heavy atom. The molecule has 0 aromatic heterocycles. The number of rotatable bonds is 7. The first-order valence-corrected chi connectivity index (χ1v) is 11.8. The largest absolute Gasteiger partial charge is 0.489 e. The summed E-state index contributed by atoms with van der Waals surface area (Å²) in [5, 5.41) is 0.746. The van der Waals surface area contributed by atoms with Crippen LogP contribution < -0.4 is 4.74 Å². The van der Waals surface area contributed by atoms with E-state index in [4.69, 9.17) is 21.1 Å². The molecular weight excluding hydrogens is 406 g/mol. The van der Waals surface area contributed by atoms with Crippen LogP contribution in [0.3, 0.4) is 0 Å². The fourth-order valence-corrected chi connectivity index (χ4v) is 5.06. The van der Waals surface area contributed by atoms with Crippen LogP contribution in [0, 0.1) is 11.8 Å². The Bertz CT molecular complexity index is 965. The second-order valence-corrected chi connectivity index (χ2v) is 9.39. The lowest BCUT2D eigenvalue weighted by atomic mass is 9.82. The summed E-state index contributed by atoms with van der Waals surface area (Å²) in [6, 6.07) is 14.4. The van der Waals surface area contributed by atoms with Crippen LogP contribution in [0.4, 0.5) is 0 Å². The number of halogens is 1. The molecule has 0 spiro atoms. The highest BCUT2D eigenvalue weighted by Gasteiger charge is 2.28. The van der Waals surface area contributed by atoms with E-state index in [0.717, 1.165) is 55.4 Å². The molecule has 3 nitrogen and oxygen atoms in total. The van der Waals surface area contributed by atoms with E-state index >= 15 is 0 Å². The van der Waals surface area contributed by atoms with Crippen LogP contribution in [0.1, 0.15) is 29.5 Å². The molecule has 2 unspecified atom stereocenters. The Balaban J connectivity index is 1.20. The molecule has 162 valence electrons. The van der Waals surface area contributed by atoms with E-state index in [1.165, 1.54) is 17.5 Å². The third-order valence-electron chi connectivity index (χ3n) is 6.74. The van der Waals surface area contributed by atoms with Gasteiger partial charge in [0.25, 0.3) is 0 Å². The van der Waals surface area contributed by atoms with Crippen LogP contribution in [-0.4, -0.2) is 30.7 Å². The Labute approximate surface area is 190 Å². The summed E-state index contributed by atoms with van der Waals surface area (Å²) in [5.74, 6) is 2.09. The SMILES string of the molecule is Clc1cccc(COc2ccc3c(c2)CN(CC2C=CC=C[C@@H]2CC2CCO2)CC3)c1. The molecule has 0 radical (unpaired) electrons. The van der Waals surface area contributed by atoms with Crippen LogP contribution in [-0.2, 0) is 24.3 Å². The molecule has 2 aliphatic heterocycles. The minimum atomic E-state index is 0.463. The molecule has 0 saturated carbocycles. The van der Waals surface area contributed by atoms with Gasteiger partial charge in [0.2, 0.25) is 0 Å². The first-order valence-electron chi connectivity index (χ1n) is 11.4. The van der Waals surface area contributed by atoms with Crippen molar-refractivity contribution in [3.63, 3.8) is 0 Å². The first kappa shape index (κ1) is 20.8. The molecule has 1 saturated heterocycles. The highest BCUT2D eigenvalue weighted by molar-refractivity contribution is 6.30. The standard InChI is InChI=1S/C27H30ClNO2/c28-25-7-3-4-20(14-25)19-31-26-9-8-21-10-12-29(18-24(21)16-26)17-23-6-2-1-5-22(23)15-27-11-13-30-27/h1-9,14,16,22-23,27H,10-13,15,17-19H2/t22-,23?,27?/m1/s1. The summed E-state index contributed by atoms with van der Waals surface area (Å²) in [7, 11) is 0. The average Bonchev–Trinajstić information content (AvgIpc) is 2.75. The third kappa shape index (κ3) is 5.23. The zero-order valence-corrected chi connectivity index (χ0v) is 18.6. The molecule has 0 bridgehead atoms. The maximum Gasteiger partial charge on any atom is 0.120 e. The van der Waals surface area contributed by atoms with Crippen molar-refractivity contribution in [2.75, 3.05) is 19.7 Å². The van der Waals surface area contributed by atoms with Gasteiger partial charge in [-0.25, -0.2) is 0 Å². The summed E-state index contributed by atoms with van der Waals surface area (Å²) in [4.78, 5) is 2.60. The maximum absolute atomic E-state index is 6.09. The second-order valence-electron chi connectivity index (χ2n) is 8.95. The zero-order chi connectivity index (χ0) is 21.0. The summed E-state index contributed by atoms with van der Waals surface area (Å²) in [6.45, 7) is 4.69. The van der Waals surface area contributed by atoms with E-state index in [0.29, 0.717) is 24.5 Å². The number of hydrogen-bond acceptors (Lipinski definition) is 3. The molecule has 1 aliphatic carbocycles. The van der Waals surface area contributed by atoms with Gasteiger partial charge in [-0.05, 0) is 72.1 Å². The second kappa shape index (κ2) is 9.60. The molecule has 3 aliphatic rings. The lowest BCUT2D eigenvalue weighted by Crippen LogP contribution is -2.38. The average molecular weight is 436 g/mol. The minimum absolute atomic E-state index is 0.463. The molecule has 2 heterocycles. The van der Waals surface area contributed by atoms with Gasteiger partial charge in [-0.1, -0.05) is 54.1 Å². The van der Waals surface area contributed by atoms with Crippen molar-refractivity contribution in [2.45, 2.75) is 38.5 Å². The molecule has 3 atom stereocenters. The van der Waals surface area contributed by atoms with Gasteiger partial charge in [-0.3, -0.25) is 4.90 Å². The minimum Gasteiger partial charge on any atom is -0.489 e. The van der Waals surface area contributed by atoms with E-state index in [-0.39, 0.29) is 0 Å². The fraction of sp³-hybridized carbons (Fsp3) is 0.407. The maximum atomic E-state index is 6.09. The van der Waals surface area contributed by atoms with Crippen LogP contribution in [0.2, 0.25) is 5.02 Å². The number of fused-ring (bicyclic) bond motifs is 1. The van der Waals surface area contributed by atoms with Crippen molar-refractivity contribution in [3.8, 4) is 5.75 Å².